The molecular formula is C28H32FN3O3S. The fourth-order valence-electron chi connectivity index (χ4n) is 4.69. The second kappa shape index (κ2) is 10.9. The minimum absolute atomic E-state index is 0.0517. The molecule has 0 radical (unpaired) electrons. The Bertz CT molecular complexity index is 1320. The van der Waals surface area contributed by atoms with Crippen LogP contribution in [-0.4, -0.2) is 36.5 Å². The predicted molar refractivity (Wildman–Crippen MR) is 138 cm³/mol. The Balaban J connectivity index is 1.45. The number of amides is 1. The van der Waals surface area contributed by atoms with Gasteiger partial charge in [0.15, 0.2) is 9.84 Å². The summed E-state index contributed by atoms with van der Waals surface area (Å²) in [5, 5.41) is 2.90. The van der Waals surface area contributed by atoms with Gasteiger partial charge in [-0.3, -0.25) is 14.7 Å². The van der Waals surface area contributed by atoms with Crippen LogP contribution in [0.15, 0.2) is 65.7 Å². The van der Waals surface area contributed by atoms with E-state index >= 15 is 0 Å². The van der Waals surface area contributed by atoms with Crippen LogP contribution in [0.25, 0.3) is 0 Å². The first-order valence-electron chi connectivity index (χ1n) is 12.2. The van der Waals surface area contributed by atoms with E-state index in [4.69, 9.17) is 4.98 Å². The zero-order valence-electron chi connectivity index (χ0n) is 20.9. The molecule has 0 saturated carbocycles. The van der Waals surface area contributed by atoms with Gasteiger partial charge in [-0.1, -0.05) is 45.0 Å². The zero-order valence-corrected chi connectivity index (χ0v) is 21.7. The number of sulfone groups is 1. The second-order valence-corrected chi connectivity index (χ2v) is 11.8. The first kappa shape index (κ1) is 26.0. The fourth-order valence-corrected chi connectivity index (χ4v) is 5.58. The highest BCUT2D eigenvalue weighted by Gasteiger charge is 2.31. The molecule has 1 aliphatic heterocycles. The Labute approximate surface area is 212 Å². The Kier molecular flexibility index (Phi) is 7.85. The molecule has 190 valence electrons. The largest absolute Gasteiger partial charge is 0.348 e. The fraction of sp³-hybridized carbons (Fsp3) is 0.357. The molecule has 1 N–H and O–H groups in total. The number of carbonyl (C=O) groups is 1. The first-order valence-corrected chi connectivity index (χ1v) is 13.9. The SMILES string of the molecule is CCS(=O)(=O)c1ccc(CNC(=O)c2cnc3c(c2)CCN(Cc2ccc(F)cc2)C3C(C)C)cc1. The van der Waals surface area contributed by atoms with E-state index in [0.717, 1.165) is 35.3 Å². The summed E-state index contributed by atoms with van der Waals surface area (Å²) in [6.45, 7) is 7.77. The van der Waals surface area contributed by atoms with E-state index in [1.807, 2.05) is 18.2 Å². The van der Waals surface area contributed by atoms with E-state index in [-0.39, 0.29) is 28.4 Å². The quantitative estimate of drug-likeness (QED) is 0.476. The maximum Gasteiger partial charge on any atom is 0.253 e. The molecule has 4 rings (SSSR count). The number of benzene rings is 2. The van der Waals surface area contributed by atoms with Gasteiger partial charge in [0.1, 0.15) is 5.82 Å². The van der Waals surface area contributed by atoms with Gasteiger partial charge < -0.3 is 5.32 Å². The highest BCUT2D eigenvalue weighted by molar-refractivity contribution is 7.91. The molecule has 1 amide bonds. The van der Waals surface area contributed by atoms with Gasteiger partial charge >= 0.3 is 0 Å². The molecule has 0 spiro atoms. The van der Waals surface area contributed by atoms with Crippen molar-refractivity contribution in [1.82, 2.24) is 15.2 Å². The number of pyridine rings is 1. The van der Waals surface area contributed by atoms with Crippen LogP contribution < -0.4 is 5.32 Å². The highest BCUT2D eigenvalue weighted by atomic mass is 32.2. The lowest BCUT2D eigenvalue weighted by atomic mass is 9.89. The molecule has 0 fully saturated rings. The topological polar surface area (TPSA) is 79.4 Å². The molecule has 2 aromatic carbocycles. The zero-order chi connectivity index (χ0) is 25.9. The maximum absolute atomic E-state index is 13.3. The number of hydrogen-bond donors (Lipinski definition) is 1. The molecule has 0 aliphatic carbocycles. The van der Waals surface area contributed by atoms with Crippen LogP contribution in [0.1, 0.15) is 59.6 Å². The summed E-state index contributed by atoms with van der Waals surface area (Å²) >= 11 is 0. The molecule has 3 aromatic rings. The molecule has 6 nitrogen and oxygen atoms in total. The van der Waals surface area contributed by atoms with Crippen molar-refractivity contribution in [3.05, 3.63) is 94.6 Å². The van der Waals surface area contributed by atoms with E-state index in [2.05, 4.69) is 24.1 Å². The Morgan fingerprint density at radius 1 is 1.11 bits per heavy atom. The van der Waals surface area contributed by atoms with Crippen LogP contribution in [0.2, 0.25) is 0 Å². The molecule has 8 heteroatoms. The van der Waals surface area contributed by atoms with Crippen LogP contribution in [-0.2, 0) is 29.3 Å². The lowest BCUT2D eigenvalue weighted by Gasteiger charge is -2.39. The second-order valence-electron chi connectivity index (χ2n) is 9.53. The average Bonchev–Trinajstić information content (AvgIpc) is 2.88. The molecule has 0 bridgehead atoms. The molecule has 0 saturated heterocycles. The molecule has 1 aromatic heterocycles. The molecule has 2 heterocycles. The van der Waals surface area contributed by atoms with Crippen molar-refractivity contribution in [2.45, 2.75) is 51.2 Å². The minimum Gasteiger partial charge on any atom is -0.348 e. The summed E-state index contributed by atoms with van der Waals surface area (Å²) in [7, 11) is -3.25. The van der Waals surface area contributed by atoms with Crippen molar-refractivity contribution >= 4 is 15.7 Å². The number of aromatic nitrogens is 1. The van der Waals surface area contributed by atoms with Gasteiger partial charge in [-0.15, -0.1) is 0 Å². The van der Waals surface area contributed by atoms with Gasteiger partial charge in [0.2, 0.25) is 0 Å². The molecule has 36 heavy (non-hydrogen) atoms. The van der Waals surface area contributed by atoms with E-state index in [9.17, 15) is 17.6 Å². The van der Waals surface area contributed by atoms with Gasteiger partial charge in [0.05, 0.1) is 27.9 Å². The number of nitrogens with zero attached hydrogens (tertiary/aromatic N) is 2. The third kappa shape index (κ3) is 5.82. The summed E-state index contributed by atoms with van der Waals surface area (Å²) in [6.07, 6.45) is 2.41. The summed E-state index contributed by atoms with van der Waals surface area (Å²) in [4.78, 5) is 20.2. The van der Waals surface area contributed by atoms with Crippen LogP contribution in [0.5, 0.6) is 0 Å². The van der Waals surface area contributed by atoms with Gasteiger partial charge in [0, 0.05) is 25.8 Å². The van der Waals surface area contributed by atoms with Crippen LogP contribution in [0, 0.1) is 11.7 Å². The monoisotopic (exact) mass is 509 g/mol. The summed E-state index contributed by atoms with van der Waals surface area (Å²) in [5.41, 5.74) is 4.45. The minimum atomic E-state index is -3.25. The Morgan fingerprint density at radius 2 is 1.78 bits per heavy atom. The van der Waals surface area contributed by atoms with E-state index < -0.39 is 9.84 Å². The van der Waals surface area contributed by atoms with E-state index in [1.54, 1.807) is 37.4 Å². The van der Waals surface area contributed by atoms with Crippen molar-refractivity contribution < 1.29 is 17.6 Å². The van der Waals surface area contributed by atoms with Gasteiger partial charge in [-0.2, -0.15) is 0 Å². The van der Waals surface area contributed by atoms with Crippen LogP contribution >= 0.6 is 0 Å². The van der Waals surface area contributed by atoms with E-state index in [1.165, 1.54) is 12.1 Å². The summed E-state index contributed by atoms with van der Waals surface area (Å²) in [5.74, 6) is -0.0885. The average molecular weight is 510 g/mol. The van der Waals surface area contributed by atoms with Gasteiger partial charge in [-0.05, 0) is 59.4 Å². The van der Waals surface area contributed by atoms with Gasteiger partial charge in [-0.25, -0.2) is 12.8 Å². The van der Waals surface area contributed by atoms with E-state index in [0.29, 0.717) is 24.6 Å². The van der Waals surface area contributed by atoms with Crippen LogP contribution in [0.4, 0.5) is 4.39 Å². The van der Waals surface area contributed by atoms with Crippen LogP contribution in [0.3, 0.4) is 0 Å². The Hall–Kier alpha value is -3.10. The van der Waals surface area contributed by atoms with Crippen molar-refractivity contribution in [3.63, 3.8) is 0 Å². The lowest BCUT2D eigenvalue weighted by Crippen LogP contribution is -2.38. The Morgan fingerprint density at radius 3 is 2.42 bits per heavy atom. The molecule has 1 aliphatic rings. The molecule has 1 unspecified atom stereocenters. The van der Waals surface area contributed by atoms with Crippen molar-refractivity contribution in [2.24, 2.45) is 5.92 Å². The summed E-state index contributed by atoms with van der Waals surface area (Å²) < 4.78 is 37.3. The number of rotatable bonds is 8. The number of halogens is 1. The predicted octanol–water partition coefficient (Wildman–Crippen LogP) is 4.70. The lowest BCUT2D eigenvalue weighted by molar-refractivity contribution is 0.0949. The molecular weight excluding hydrogens is 477 g/mol. The number of nitrogens with one attached hydrogen (secondary N) is 1. The standard InChI is InChI=1S/C28H32FN3O3S/c1-4-36(34,35)25-11-7-20(8-12-25)16-31-28(33)23-15-22-13-14-32(18-21-5-9-24(29)10-6-21)27(19(2)3)26(22)30-17-23/h5-12,15,17,19,27H,4,13-14,16,18H2,1-3H3,(H,31,33). The first-order chi connectivity index (χ1) is 17.2. The van der Waals surface area contributed by atoms with Gasteiger partial charge in [0.25, 0.3) is 5.91 Å². The third-order valence-electron chi connectivity index (χ3n) is 6.65. The van der Waals surface area contributed by atoms with Crippen molar-refractivity contribution in [3.8, 4) is 0 Å². The highest BCUT2D eigenvalue weighted by Crippen LogP contribution is 2.35. The third-order valence-corrected chi connectivity index (χ3v) is 8.40. The summed E-state index contributed by atoms with van der Waals surface area (Å²) in [6, 6.07) is 15.2. The normalized spacial score (nSPS) is 16.1. The number of hydrogen-bond acceptors (Lipinski definition) is 5. The molecule has 1 atom stereocenters. The number of fused-ring (bicyclic) bond motifs is 1. The van der Waals surface area contributed by atoms with Crippen molar-refractivity contribution in [2.75, 3.05) is 12.3 Å². The maximum atomic E-state index is 13.3. The van der Waals surface area contributed by atoms with Crippen molar-refractivity contribution in [1.29, 1.82) is 0 Å². The smallest absolute Gasteiger partial charge is 0.253 e. The number of carbonyl (C=O) groups excluding carboxylic acids is 1.